The van der Waals surface area contributed by atoms with Crippen molar-refractivity contribution in [1.29, 1.82) is 0 Å². The van der Waals surface area contributed by atoms with Crippen LogP contribution < -0.4 is 5.73 Å². The molecule has 0 aromatic heterocycles. The number of hydrogen-bond donors (Lipinski definition) is 1. The van der Waals surface area contributed by atoms with Crippen molar-refractivity contribution in [3.05, 3.63) is 28.8 Å². The second kappa shape index (κ2) is 8.38. The number of halogens is 1. The van der Waals surface area contributed by atoms with E-state index >= 15 is 0 Å². The molecule has 2 N–H and O–H groups in total. The van der Waals surface area contributed by atoms with Gasteiger partial charge in [0.2, 0.25) is 0 Å². The van der Waals surface area contributed by atoms with Crippen molar-refractivity contribution in [1.82, 2.24) is 4.90 Å². The smallest absolute Gasteiger partial charge is 0.0615 e. The zero-order valence-corrected chi connectivity index (χ0v) is 12.6. The monoisotopic (exact) mass is 286 g/mol. The Kier molecular flexibility index (Phi) is 7.16. The first-order valence-corrected chi connectivity index (χ1v) is 6.72. The molecule has 108 valence electrons. The summed E-state index contributed by atoms with van der Waals surface area (Å²) in [6.07, 6.45) is 0. The average Bonchev–Trinajstić information content (AvgIpc) is 2.38. The summed E-state index contributed by atoms with van der Waals surface area (Å²) in [6, 6.07) is 5.85. The summed E-state index contributed by atoms with van der Waals surface area (Å²) in [7, 11) is 3.41. The fourth-order valence-electron chi connectivity index (χ4n) is 1.95. The largest absolute Gasteiger partial charge is 0.399 e. The molecular weight excluding hydrogens is 264 g/mol. The molecule has 0 bridgehead atoms. The van der Waals surface area contributed by atoms with Crippen LogP contribution in [0.15, 0.2) is 18.2 Å². The molecule has 0 heterocycles. The molecule has 1 rings (SSSR count). The van der Waals surface area contributed by atoms with Gasteiger partial charge in [-0.05, 0) is 30.7 Å². The fraction of sp³-hybridized carbons (Fsp3) is 0.571. The van der Waals surface area contributed by atoms with Crippen LogP contribution >= 0.6 is 11.6 Å². The molecule has 0 fully saturated rings. The summed E-state index contributed by atoms with van der Waals surface area (Å²) in [5.41, 5.74) is 7.57. The SMILES string of the molecule is COCCN(Cc1cc(N)ccc1Cl)C(C)COC. The van der Waals surface area contributed by atoms with Gasteiger partial charge in [0.05, 0.1) is 13.2 Å². The lowest BCUT2D eigenvalue weighted by Crippen LogP contribution is -2.38. The van der Waals surface area contributed by atoms with E-state index in [1.165, 1.54) is 0 Å². The van der Waals surface area contributed by atoms with E-state index in [1.807, 2.05) is 18.2 Å². The Hall–Kier alpha value is -0.810. The maximum Gasteiger partial charge on any atom is 0.0615 e. The van der Waals surface area contributed by atoms with Crippen LogP contribution in [-0.2, 0) is 16.0 Å². The molecule has 0 radical (unpaired) electrons. The van der Waals surface area contributed by atoms with Gasteiger partial charge in [-0.25, -0.2) is 0 Å². The molecule has 0 aliphatic rings. The zero-order valence-electron chi connectivity index (χ0n) is 11.9. The van der Waals surface area contributed by atoms with Crippen molar-refractivity contribution >= 4 is 17.3 Å². The fourth-order valence-corrected chi connectivity index (χ4v) is 2.12. The summed E-state index contributed by atoms with van der Waals surface area (Å²) < 4.78 is 10.4. The molecule has 0 saturated carbocycles. The predicted molar refractivity (Wildman–Crippen MR) is 79.5 cm³/mol. The third-order valence-corrected chi connectivity index (χ3v) is 3.43. The third-order valence-electron chi connectivity index (χ3n) is 3.06. The van der Waals surface area contributed by atoms with Crippen molar-refractivity contribution in [3.63, 3.8) is 0 Å². The van der Waals surface area contributed by atoms with E-state index in [2.05, 4.69) is 11.8 Å². The number of nitrogens with zero attached hydrogens (tertiary/aromatic N) is 1. The number of anilines is 1. The van der Waals surface area contributed by atoms with Gasteiger partial charge in [-0.2, -0.15) is 0 Å². The second-order valence-electron chi connectivity index (χ2n) is 4.62. The van der Waals surface area contributed by atoms with E-state index < -0.39 is 0 Å². The zero-order chi connectivity index (χ0) is 14.3. The first-order chi connectivity index (χ1) is 9.08. The topological polar surface area (TPSA) is 47.7 Å². The lowest BCUT2D eigenvalue weighted by atomic mass is 10.1. The van der Waals surface area contributed by atoms with Crippen LogP contribution in [0, 0.1) is 0 Å². The van der Waals surface area contributed by atoms with Crippen LogP contribution in [-0.4, -0.2) is 44.9 Å². The van der Waals surface area contributed by atoms with Gasteiger partial charge in [0.25, 0.3) is 0 Å². The van der Waals surface area contributed by atoms with E-state index in [9.17, 15) is 0 Å². The van der Waals surface area contributed by atoms with Gasteiger partial charge in [0.15, 0.2) is 0 Å². The van der Waals surface area contributed by atoms with Gasteiger partial charge in [-0.15, -0.1) is 0 Å². The van der Waals surface area contributed by atoms with Gasteiger partial charge in [0.1, 0.15) is 0 Å². The molecule has 1 atom stereocenters. The normalized spacial score (nSPS) is 12.9. The van der Waals surface area contributed by atoms with Crippen LogP contribution in [0.5, 0.6) is 0 Å². The minimum Gasteiger partial charge on any atom is -0.399 e. The molecule has 0 aliphatic carbocycles. The van der Waals surface area contributed by atoms with E-state index in [1.54, 1.807) is 14.2 Å². The Morgan fingerprint density at radius 1 is 1.32 bits per heavy atom. The molecule has 0 amide bonds. The highest BCUT2D eigenvalue weighted by Gasteiger charge is 2.15. The molecule has 4 nitrogen and oxygen atoms in total. The molecule has 1 unspecified atom stereocenters. The summed E-state index contributed by atoms with van der Waals surface area (Å²) in [5, 5.41) is 0.737. The number of nitrogens with two attached hydrogens (primary N) is 1. The Morgan fingerprint density at radius 2 is 2.05 bits per heavy atom. The van der Waals surface area contributed by atoms with E-state index in [4.69, 9.17) is 26.8 Å². The standard InChI is InChI=1S/C14H23ClN2O2/c1-11(10-19-3)17(6-7-18-2)9-12-8-13(16)4-5-14(12)15/h4-5,8,11H,6-7,9-10,16H2,1-3H3. The summed E-state index contributed by atoms with van der Waals surface area (Å²) >= 11 is 6.21. The molecular formula is C14H23ClN2O2. The number of methoxy groups -OCH3 is 2. The Balaban J connectivity index is 2.77. The maximum absolute atomic E-state index is 6.21. The van der Waals surface area contributed by atoms with E-state index in [0.717, 1.165) is 29.4 Å². The highest BCUT2D eigenvalue weighted by Crippen LogP contribution is 2.21. The Labute approximate surface area is 120 Å². The highest BCUT2D eigenvalue weighted by atomic mass is 35.5. The van der Waals surface area contributed by atoms with Gasteiger partial charge >= 0.3 is 0 Å². The van der Waals surface area contributed by atoms with Crippen LogP contribution in [0.1, 0.15) is 12.5 Å². The third kappa shape index (κ3) is 5.37. The molecule has 5 heteroatoms. The number of hydrogen-bond acceptors (Lipinski definition) is 4. The molecule has 19 heavy (non-hydrogen) atoms. The number of benzene rings is 1. The van der Waals surface area contributed by atoms with Crippen LogP contribution in [0.25, 0.3) is 0 Å². The van der Waals surface area contributed by atoms with Gasteiger partial charge in [0, 0.05) is 44.1 Å². The first kappa shape index (κ1) is 16.2. The van der Waals surface area contributed by atoms with Crippen molar-refractivity contribution in [3.8, 4) is 0 Å². The number of ether oxygens (including phenoxy) is 2. The van der Waals surface area contributed by atoms with Crippen LogP contribution in [0.4, 0.5) is 5.69 Å². The number of rotatable bonds is 8. The van der Waals surface area contributed by atoms with Gasteiger partial charge in [-0.1, -0.05) is 11.6 Å². The van der Waals surface area contributed by atoms with Crippen LogP contribution in [0.2, 0.25) is 5.02 Å². The van der Waals surface area contributed by atoms with Crippen molar-refractivity contribution < 1.29 is 9.47 Å². The molecule has 0 saturated heterocycles. The summed E-state index contributed by atoms with van der Waals surface area (Å²) in [4.78, 5) is 2.27. The summed E-state index contributed by atoms with van der Waals surface area (Å²) in [6.45, 7) is 5.03. The summed E-state index contributed by atoms with van der Waals surface area (Å²) in [5.74, 6) is 0. The highest BCUT2D eigenvalue weighted by molar-refractivity contribution is 6.31. The van der Waals surface area contributed by atoms with Crippen LogP contribution in [0.3, 0.4) is 0 Å². The predicted octanol–water partition coefficient (Wildman–Crippen LogP) is 2.41. The minimum absolute atomic E-state index is 0.289. The lowest BCUT2D eigenvalue weighted by Gasteiger charge is -2.28. The van der Waals surface area contributed by atoms with Gasteiger partial charge in [-0.3, -0.25) is 4.90 Å². The van der Waals surface area contributed by atoms with Crippen molar-refractivity contribution in [2.45, 2.75) is 19.5 Å². The second-order valence-corrected chi connectivity index (χ2v) is 5.03. The molecule has 1 aromatic carbocycles. The first-order valence-electron chi connectivity index (χ1n) is 6.34. The molecule has 1 aromatic rings. The minimum atomic E-state index is 0.289. The molecule has 0 spiro atoms. The lowest BCUT2D eigenvalue weighted by molar-refractivity contribution is 0.0705. The van der Waals surface area contributed by atoms with E-state index in [0.29, 0.717) is 13.2 Å². The van der Waals surface area contributed by atoms with Gasteiger partial charge < -0.3 is 15.2 Å². The average molecular weight is 287 g/mol. The molecule has 0 aliphatic heterocycles. The quantitative estimate of drug-likeness (QED) is 0.746. The number of nitrogen functional groups attached to an aromatic ring is 1. The Bertz CT molecular complexity index is 388. The van der Waals surface area contributed by atoms with Crippen molar-refractivity contribution in [2.75, 3.05) is 39.7 Å². The maximum atomic E-state index is 6.21. The van der Waals surface area contributed by atoms with Crippen molar-refractivity contribution in [2.24, 2.45) is 0 Å². The van der Waals surface area contributed by atoms with E-state index in [-0.39, 0.29) is 6.04 Å². The Morgan fingerprint density at radius 3 is 2.68 bits per heavy atom.